The Labute approximate surface area is 117 Å². The van der Waals surface area contributed by atoms with Gasteiger partial charge in [-0.2, -0.15) is 0 Å². The molecule has 6 nitrogen and oxygen atoms in total. The number of oxime groups is 1. The van der Waals surface area contributed by atoms with Gasteiger partial charge in [-0.1, -0.05) is 29.4 Å². The molecule has 1 aromatic carbocycles. The van der Waals surface area contributed by atoms with E-state index < -0.39 is 0 Å². The molecule has 0 saturated carbocycles. The van der Waals surface area contributed by atoms with Gasteiger partial charge in [0.25, 0.3) is 0 Å². The number of amidine groups is 1. The summed E-state index contributed by atoms with van der Waals surface area (Å²) >= 11 is 0. The average Bonchev–Trinajstić information content (AvgIpc) is 2.84. The summed E-state index contributed by atoms with van der Waals surface area (Å²) in [6.07, 6.45) is 1.23. The number of nitrogens with zero attached hydrogens (tertiary/aromatic N) is 1. The minimum atomic E-state index is -0.0242. The summed E-state index contributed by atoms with van der Waals surface area (Å²) in [5.74, 6) is 0.0295. The highest BCUT2D eigenvalue weighted by atomic mass is 16.5. The Balaban J connectivity index is 1.91. The molecule has 4 N–H and O–H groups in total. The predicted molar refractivity (Wildman–Crippen MR) is 74.6 cm³/mol. The van der Waals surface area contributed by atoms with Gasteiger partial charge in [0.1, 0.15) is 0 Å². The van der Waals surface area contributed by atoms with Crippen LogP contribution in [0, 0.1) is 0 Å². The van der Waals surface area contributed by atoms with E-state index in [0.717, 1.165) is 12.0 Å². The summed E-state index contributed by atoms with van der Waals surface area (Å²) in [6.45, 7) is 2.66. The first-order valence-electron chi connectivity index (χ1n) is 6.58. The van der Waals surface area contributed by atoms with E-state index in [9.17, 15) is 4.79 Å². The van der Waals surface area contributed by atoms with Crippen molar-refractivity contribution in [1.82, 2.24) is 5.32 Å². The van der Waals surface area contributed by atoms with E-state index in [4.69, 9.17) is 15.7 Å². The topological polar surface area (TPSA) is 96.9 Å². The number of rotatable bonds is 4. The van der Waals surface area contributed by atoms with E-state index >= 15 is 0 Å². The Morgan fingerprint density at radius 2 is 2.20 bits per heavy atom. The van der Waals surface area contributed by atoms with Crippen LogP contribution in [0.2, 0.25) is 0 Å². The minimum absolute atomic E-state index is 0.0242. The van der Waals surface area contributed by atoms with Crippen LogP contribution < -0.4 is 11.1 Å². The number of ether oxygens (including phenoxy) is 1. The molecule has 1 heterocycles. The minimum Gasteiger partial charge on any atom is -0.409 e. The summed E-state index contributed by atoms with van der Waals surface area (Å²) in [5, 5.41) is 14.5. The third-order valence-corrected chi connectivity index (χ3v) is 3.44. The van der Waals surface area contributed by atoms with Crippen LogP contribution in [-0.4, -0.2) is 35.7 Å². The molecule has 20 heavy (non-hydrogen) atoms. The molecule has 1 amide bonds. The maximum Gasteiger partial charge on any atom is 0.224 e. The van der Waals surface area contributed by atoms with Gasteiger partial charge in [-0.15, -0.1) is 0 Å². The van der Waals surface area contributed by atoms with Gasteiger partial charge in [-0.05, 0) is 18.9 Å². The van der Waals surface area contributed by atoms with Crippen LogP contribution in [0.15, 0.2) is 29.4 Å². The van der Waals surface area contributed by atoms with Gasteiger partial charge in [-0.3, -0.25) is 4.79 Å². The lowest BCUT2D eigenvalue weighted by atomic mass is 10.1. The molecule has 1 saturated heterocycles. The monoisotopic (exact) mass is 277 g/mol. The van der Waals surface area contributed by atoms with Crippen molar-refractivity contribution in [2.75, 3.05) is 6.61 Å². The second kappa shape index (κ2) is 6.38. The zero-order valence-corrected chi connectivity index (χ0v) is 11.4. The zero-order valence-electron chi connectivity index (χ0n) is 11.4. The van der Waals surface area contributed by atoms with Gasteiger partial charge in [0, 0.05) is 12.2 Å². The molecule has 0 aliphatic carbocycles. The normalized spacial score (nSPS) is 22.8. The standard InChI is InChI=1S/C14H19N3O3/c1-9-12(6-7-20-9)16-13(18)8-10-2-4-11(5-3-10)14(15)17-19/h2-5,9,12,19H,6-8H2,1H3,(H2,15,17)(H,16,18). The van der Waals surface area contributed by atoms with Crippen molar-refractivity contribution in [2.45, 2.75) is 31.9 Å². The van der Waals surface area contributed by atoms with Gasteiger partial charge < -0.3 is 21.0 Å². The average molecular weight is 277 g/mol. The fourth-order valence-corrected chi connectivity index (χ4v) is 2.22. The number of nitrogens with one attached hydrogen (secondary N) is 1. The van der Waals surface area contributed by atoms with E-state index in [1.54, 1.807) is 24.3 Å². The molecule has 2 rings (SSSR count). The second-order valence-electron chi connectivity index (χ2n) is 4.90. The first kappa shape index (κ1) is 14.3. The van der Waals surface area contributed by atoms with Crippen molar-refractivity contribution >= 4 is 11.7 Å². The van der Waals surface area contributed by atoms with Crippen LogP contribution >= 0.6 is 0 Å². The zero-order chi connectivity index (χ0) is 14.5. The highest BCUT2D eigenvalue weighted by molar-refractivity contribution is 5.97. The third-order valence-electron chi connectivity index (χ3n) is 3.44. The molecule has 1 fully saturated rings. The largest absolute Gasteiger partial charge is 0.409 e. The van der Waals surface area contributed by atoms with Crippen molar-refractivity contribution in [2.24, 2.45) is 10.9 Å². The van der Waals surface area contributed by atoms with E-state index in [0.29, 0.717) is 18.6 Å². The Morgan fingerprint density at radius 3 is 2.75 bits per heavy atom. The highest BCUT2D eigenvalue weighted by Gasteiger charge is 2.25. The number of hydrogen-bond acceptors (Lipinski definition) is 4. The van der Waals surface area contributed by atoms with Gasteiger partial charge in [0.05, 0.1) is 18.6 Å². The molecule has 0 aromatic heterocycles. The highest BCUT2D eigenvalue weighted by Crippen LogP contribution is 2.13. The molecule has 2 atom stereocenters. The number of carbonyl (C=O) groups is 1. The van der Waals surface area contributed by atoms with Gasteiger partial charge >= 0.3 is 0 Å². The summed E-state index contributed by atoms with van der Waals surface area (Å²) in [7, 11) is 0. The maximum atomic E-state index is 11.9. The Morgan fingerprint density at radius 1 is 1.50 bits per heavy atom. The van der Waals surface area contributed by atoms with E-state index in [1.807, 2.05) is 6.92 Å². The summed E-state index contributed by atoms with van der Waals surface area (Å²) in [5.41, 5.74) is 6.97. The number of hydrogen-bond donors (Lipinski definition) is 3. The first-order chi connectivity index (χ1) is 9.60. The molecular formula is C14H19N3O3. The molecule has 1 aliphatic heterocycles. The molecule has 6 heteroatoms. The fourth-order valence-electron chi connectivity index (χ4n) is 2.22. The molecule has 0 bridgehead atoms. The third kappa shape index (κ3) is 3.48. The summed E-state index contributed by atoms with van der Waals surface area (Å²) < 4.78 is 5.41. The molecule has 1 aliphatic rings. The quantitative estimate of drug-likeness (QED) is 0.325. The summed E-state index contributed by atoms with van der Waals surface area (Å²) in [6, 6.07) is 7.13. The first-order valence-corrected chi connectivity index (χ1v) is 6.58. The van der Waals surface area contributed by atoms with Crippen LogP contribution in [0.4, 0.5) is 0 Å². The summed E-state index contributed by atoms with van der Waals surface area (Å²) in [4.78, 5) is 11.9. The SMILES string of the molecule is CC1OCCC1NC(=O)Cc1ccc(/C(N)=N/O)cc1. The van der Waals surface area contributed by atoms with Gasteiger partial charge in [0.15, 0.2) is 5.84 Å². The predicted octanol–water partition coefficient (Wildman–Crippen LogP) is 0.617. The van der Waals surface area contributed by atoms with Crippen molar-refractivity contribution in [3.63, 3.8) is 0 Å². The maximum absolute atomic E-state index is 11.9. The number of carbonyl (C=O) groups excluding carboxylic acids is 1. The number of amides is 1. The molecule has 2 unspecified atom stereocenters. The molecule has 1 aromatic rings. The van der Waals surface area contributed by atoms with Crippen LogP contribution in [-0.2, 0) is 16.0 Å². The van der Waals surface area contributed by atoms with Crippen molar-refractivity contribution in [3.8, 4) is 0 Å². The van der Waals surface area contributed by atoms with Crippen molar-refractivity contribution < 1.29 is 14.7 Å². The number of nitrogens with two attached hydrogens (primary N) is 1. The Hall–Kier alpha value is -2.08. The lowest BCUT2D eigenvalue weighted by molar-refractivity contribution is -0.121. The van der Waals surface area contributed by atoms with Crippen LogP contribution in [0.3, 0.4) is 0 Å². The van der Waals surface area contributed by atoms with Crippen molar-refractivity contribution in [1.29, 1.82) is 0 Å². The Kier molecular flexibility index (Phi) is 4.57. The van der Waals surface area contributed by atoms with E-state index in [1.165, 1.54) is 0 Å². The smallest absolute Gasteiger partial charge is 0.224 e. The van der Waals surface area contributed by atoms with Gasteiger partial charge in [-0.25, -0.2) is 0 Å². The molecule has 108 valence electrons. The lowest BCUT2D eigenvalue weighted by Crippen LogP contribution is -2.39. The van der Waals surface area contributed by atoms with E-state index in [-0.39, 0.29) is 23.9 Å². The fraction of sp³-hybridized carbons (Fsp3) is 0.429. The van der Waals surface area contributed by atoms with Gasteiger partial charge in [0.2, 0.25) is 5.91 Å². The Bertz CT molecular complexity index is 499. The van der Waals surface area contributed by atoms with Crippen molar-refractivity contribution in [3.05, 3.63) is 35.4 Å². The van der Waals surface area contributed by atoms with E-state index in [2.05, 4.69) is 10.5 Å². The molecular weight excluding hydrogens is 258 g/mol. The van der Waals surface area contributed by atoms with Crippen LogP contribution in [0.5, 0.6) is 0 Å². The van der Waals surface area contributed by atoms with Crippen LogP contribution in [0.25, 0.3) is 0 Å². The number of benzene rings is 1. The lowest BCUT2D eigenvalue weighted by Gasteiger charge is -2.16. The molecule has 0 spiro atoms. The van der Waals surface area contributed by atoms with Crippen LogP contribution in [0.1, 0.15) is 24.5 Å². The molecule has 0 radical (unpaired) electrons. The second-order valence-corrected chi connectivity index (χ2v) is 4.90.